The van der Waals surface area contributed by atoms with Gasteiger partial charge in [0.1, 0.15) is 4.88 Å². The highest BCUT2D eigenvalue weighted by Gasteiger charge is 2.22. The molecule has 7 heteroatoms. The number of nitrogens with zero attached hydrogens (tertiary/aromatic N) is 1. The second-order valence-corrected chi connectivity index (χ2v) is 4.29. The Balaban J connectivity index is 2.74. The minimum atomic E-state index is -2.70. The summed E-state index contributed by atoms with van der Waals surface area (Å²) >= 11 is 0.930. The maximum Gasteiger partial charge on any atom is 0.305 e. The molecule has 0 atom stereocenters. The number of rotatable bonds is 5. The lowest BCUT2D eigenvalue weighted by molar-refractivity contribution is -0.137. The van der Waals surface area contributed by atoms with Gasteiger partial charge in [0.25, 0.3) is 12.3 Å². The van der Waals surface area contributed by atoms with Gasteiger partial charge in [-0.1, -0.05) is 0 Å². The molecule has 0 aromatic carbocycles. The van der Waals surface area contributed by atoms with Crippen LogP contribution in [0.4, 0.5) is 8.78 Å². The summed E-state index contributed by atoms with van der Waals surface area (Å²) in [5.74, 6) is -1.61. The summed E-state index contributed by atoms with van der Waals surface area (Å²) in [6, 6.07) is 1.20. The van der Waals surface area contributed by atoms with E-state index in [1.165, 1.54) is 18.5 Å². The lowest BCUT2D eigenvalue weighted by Gasteiger charge is -2.15. The van der Waals surface area contributed by atoms with Crippen molar-refractivity contribution in [1.82, 2.24) is 4.90 Å². The molecular formula is C10H11F2NO3S. The molecule has 0 radical (unpaired) electrons. The molecule has 0 saturated carbocycles. The first-order valence-electron chi connectivity index (χ1n) is 4.76. The standard InChI is InChI=1S/C10H11F2NO3S/c1-13(4-2-7(14)15)10(16)8-6(9(11)12)3-5-17-8/h3,5,9H,2,4H2,1H3,(H,14,15). The third kappa shape index (κ3) is 3.48. The van der Waals surface area contributed by atoms with Gasteiger partial charge in [0.05, 0.1) is 6.42 Å². The quantitative estimate of drug-likeness (QED) is 0.886. The molecule has 0 aliphatic carbocycles. The molecule has 1 amide bonds. The molecule has 1 rings (SSSR count). The number of halogens is 2. The zero-order valence-electron chi connectivity index (χ0n) is 9.02. The summed E-state index contributed by atoms with van der Waals surface area (Å²) in [5.41, 5.74) is -0.304. The van der Waals surface area contributed by atoms with Crippen LogP contribution >= 0.6 is 11.3 Å². The summed E-state index contributed by atoms with van der Waals surface area (Å²) < 4.78 is 25.1. The van der Waals surface area contributed by atoms with Crippen LogP contribution in [0.5, 0.6) is 0 Å². The number of carbonyl (C=O) groups is 2. The van der Waals surface area contributed by atoms with Crippen LogP contribution < -0.4 is 0 Å². The van der Waals surface area contributed by atoms with Crippen molar-refractivity contribution in [2.24, 2.45) is 0 Å². The van der Waals surface area contributed by atoms with E-state index in [0.717, 1.165) is 16.2 Å². The number of alkyl halides is 2. The van der Waals surface area contributed by atoms with Gasteiger partial charge in [0.15, 0.2) is 0 Å². The van der Waals surface area contributed by atoms with Crippen molar-refractivity contribution in [3.05, 3.63) is 21.9 Å². The monoisotopic (exact) mass is 263 g/mol. The molecule has 94 valence electrons. The number of hydrogen-bond donors (Lipinski definition) is 1. The first-order chi connectivity index (χ1) is 7.93. The van der Waals surface area contributed by atoms with Gasteiger partial charge < -0.3 is 10.0 Å². The molecule has 0 aliphatic rings. The Bertz CT molecular complexity index is 419. The van der Waals surface area contributed by atoms with E-state index in [0.29, 0.717) is 0 Å². The van der Waals surface area contributed by atoms with E-state index < -0.39 is 18.3 Å². The van der Waals surface area contributed by atoms with Gasteiger partial charge in [-0.05, 0) is 11.4 Å². The summed E-state index contributed by atoms with van der Waals surface area (Å²) in [4.78, 5) is 23.2. The molecule has 1 heterocycles. The Kier molecular flexibility index (Phi) is 4.56. The van der Waals surface area contributed by atoms with Gasteiger partial charge >= 0.3 is 5.97 Å². The summed E-state index contributed by atoms with van der Waals surface area (Å²) in [6.45, 7) is -0.00521. The van der Waals surface area contributed by atoms with Crippen LogP contribution in [0.1, 0.15) is 28.1 Å². The summed E-state index contributed by atoms with van der Waals surface area (Å²) in [6.07, 6.45) is -2.91. The Hall–Kier alpha value is -1.50. The minimum absolute atomic E-state index is 0.00521. The maximum atomic E-state index is 12.5. The Morgan fingerprint density at radius 2 is 2.18 bits per heavy atom. The van der Waals surface area contributed by atoms with E-state index in [2.05, 4.69) is 0 Å². The predicted octanol–water partition coefficient (Wildman–Crippen LogP) is 2.23. The van der Waals surface area contributed by atoms with Crippen LogP contribution in [-0.2, 0) is 4.79 Å². The fourth-order valence-electron chi connectivity index (χ4n) is 1.20. The van der Waals surface area contributed by atoms with Crippen LogP contribution in [0.25, 0.3) is 0 Å². The normalized spacial score (nSPS) is 10.6. The molecule has 0 fully saturated rings. The summed E-state index contributed by atoms with van der Waals surface area (Å²) in [5, 5.41) is 9.88. The second kappa shape index (κ2) is 5.72. The van der Waals surface area contributed by atoms with Crippen LogP contribution in [0, 0.1) is 0 Å². The zero-order valence-corrected chi connectivity index (χ0v) is 9.84. The first-order valence-corrected chi connectivity index (χ1v) is 5.64. The van der Waals surface area contributed by atoms with E-state index in [1.54, 1.807) is 0 Å². The van der Waals surface area contributed by atoms with Crippen LogP contribution in [-0.4, -0.2) is 35.5 Å². The highest BCUT2D eigenvalue weighted by atomic mass is 32.1. The third-order valence-corrected chi connectivity index (χ3v) is 3.05. The van der Waals surface area contributed by atoms with E-state index in [9.17, 15) is 18.4 Å². The van der Waals surface area contributed by atoms with Gasteiger partial charge in [-0.15, -0.1) is 11.3 Å². The number of amides is 1. The van der Waals surface area contributed by atoms with Gasteiger partial charge in [0, 0.05) is 19.2 Å². The number of carboxylic acids is 1. The zero-order chi connectivity index (χ0) is 13.0. The van der Waals surface area contributed by atoms with Crippen molar-refractivity contribution >= 4 is 23.2 Å². The maximum absolute atomic E-state index is 12.5. The van der Waals surface area contributed by atoms with Crippen molar-refractivity contribution in [3.63, 3.8) is 0 Å². The largest absolute Gasteiger partial charge is 0.481 e. The van der Waals surface area contributed by atoms with Gasteiger partial charge in [-0.2, -0.15) is 0 Å². The van der Waals surface area contributed by atoms with E-state index >= 15 is 0 Å². The van der Waals surface area contributed by atoms with Crippen LogP contribution in [0.15, 0.2) is 11.4 Å². The second-order valence-electron chi connectivity index (χ2n) is 3.38. The average Bonchev–Trinajstić information content (AvgIpc) is 2.73. The van der Waals surface area contributed by atoms with E-state index in [4.69, 9.17) is 5.11 Å². The van der Waals surface area contributed by atoms with Crippen molar-refractivity contribution in [1.29, 1.82) is 0 Å². The summed E-state index contributed by atoms with van der Waals surface area (Å²) in [7, 11) is 1.39. The molecule has 0 unspecified atom stereocenters. The molecule has 0 aliphatic heterocycles. The molecule has 1 N–H and O–H groups in total. The Morgan fingerprint density at radius 1 is 1.53 bits per heavy atom. The average molecular weight is 263 g/mol. The SMILES string of the molecule is CN(CCC(=O)O)C(=O)c1sccc1C(F)F. The highest BCUT2D eigenvalue weighted by molar-refractivity contribution is 7.12. The topological polar surface area (TPSA) is 57.6 Å². The minimum Gasteiger partial charge on any atom is -0.481 e. The van der Waals surface area contributed by atoms with Gasteiger partial charge in [-0.3, -0.25) is 9.59 Å². The highest BCUT2D eigenvalue weighted by Crippen LogP contribution is 2.28. The molecule has 17 heavy (non-hydrogen) atoms. The molecule has 4 nitrogen and oxygen atoms in total. The van der Waals surface area contributed by atoms with Gasteiger partial charge in [-0.25, -0.2) is 8.78 Å². The Labute approximate surface area is 100 Å². The smallest absolute Gasteiger partial charge is 0.305 e. The van der Waals surface area contributed by atoms with Crippen LogP contribution in [0.2, 0.25) is 0 Å². The van der Waals surface area contributed by atoms with Gasteiger partial charge in [0.2, 0.25) is 0 Å². The van der Waals surface area contributed by atoms with Crippen molar-refractivity contribution in [2.75, 3.05) is 13.6 Å². The number of aliphatic carboxylic acids is 1. The third-order valence-electron chi connectivity index (χ3n) is 2.13. The van der Waals surface area contributed by atoms with Crippen LogP contribution in [0.3, 0.4) is 0 Å². The lowest BCUT2D eigenvalue weighted by atomic mass is 10.2. The molecule has 1 aromatic heterocycles. The Morgan fingerprint density at radius 3 is 2.71 bits per heavy atom. The molecule has 0 spiro atoms. The number of hydrogen-bond acceptors (Lipinski definition) is 3. The van der Waals surface area contributed by atoms with Crippen molar-refractivity contribution in [2.45, 2.75) is 12.8 Å². The molecule has 0 saturated heterocycles. The molecule has 1 aromatic rings. The lowest BCUT2D eigenvalue weighted by Crippen LogP contribution is -2.29. The first kappa shape index (κ1) is 13.6. The molecular weight excluding hydrogens is 252 g/mol. The fourth-order valence-corrected chi connectivity index (χ4v) is 2.10. The number of thiophene rings is 1. The number of carboxylic acid groups (broad SMARTS) is 1. The van der Waals surface area contributed by atoms with Crippen molar-refractivity contribution < 1.29 is 23.5 Å². The number of carbonyl (C=O) groups excluding carboxylic acids is 1. The van der Waals surface area contributed by atoms with E-state index in [1.807, 2.05) is 0 Å². The van der Waals surface area contributed by atoms with Crippen molar-refractivity contribution in [3.8, 4) is 0 Å². The predicted molar refractivity (Wildman–Crippen MR) is 58.5 cm³/mol. The van der Waals surface area contributed by atoms with E-state index in [-0.39, 0.29) is 23.4 Å². The fraction of sp³-hybridized carbons (Fsp3) is 0.400. The molecule has 0 bridgehead atoms.